The van der Waals surface area contributed by atoms with E-state index in [9.17, 15) is 28.7 Å². The molecule has 1 amide bonds. The molecule has 0 aromatic heterocycles. The van der Waals surface area contributed by atoms with Crippen molar-refractivity contribution < 1.29 is 33.4 Å². The first-order valence-electron chi connectivity index (χ1n) is 10.1. The van der Waals surface area contributed by atoms with E-state index >= 15 is 0 Å². The molecule has 9 nitrogen and oxygen atoms in total. The molecule has 2 aliphatic rings. The topological polar surface area (TPSA) is 107 Å². The number of carboxylic acids is 1. The minimum absolute atomic E-state index is 0.141. The SMILES string of the molecule is CCN1c2cc(N3CCN(C(=O)OC(C)(C)C)CC3)c(F)cc2C(=O)C(=O)C1C(=O)O. The summed E-state index contributed by atoms with van der Waals surface area (Å²) in [7, 11) is 0. The highest BCUT2D eigenvalue weighted by atomic mass is 19.1. The van der Waals surface area contributed by atoms with Gasteiger partial charge in [0, 0.05) is 32.7 Å². The molecule has 0 aliphatic carbocycles. The van der Waals surface area contributed by atoms with E-state index in [4.69, 9.17) is 4.74 Å². The standard InChI is InChI=1S/C21H26FN3O6/c1-5-25-14-11-15(13(22)10-12(14)17(26)18(27)16(25)19(28)29)23-6-8-24(9-7-23)20(30)31-21(2,3)4/h10-11,16H,5-9H2,1-4H3,(H,28,29). The Hall–Kier alpha value is -3.17. The molecule has 1 N–H and O–H groups in total. The van der Waals surface area contributed by atoms with E-state index in [0.717, 1.165) is 6.07 Å². The van der Waals surface area contributed by atoms with Gasteiger partial charge in [0.15, 0.2) is 6.04 Å². The van der Waals surface area contributed by atoms with E-state index in [0.29, 0.717) is 26.2 Å². The van der Waals surface area contributed by atoms with Gasteiger partial charge in [-0.05, 0) is 39.8 Å². The lowest BCUT2D eigenvalue weighted by Gasteiger charge is -2.38. The third kappa shape index (κ3) is 4.33. The number of halogens is 1. The van der Waals surface area contributed by atoms with Gasteiger partial charge >= 0.3 is 12.1 Å². The molecule has 1 aromatic rings. The van der Waals surface area contributed by atoms with Crippen LogP contribution in [-0.2, 0) is 14.3 Å². The first kappa shape index (κ1) is 22.5. The van der Waals surface area contributed by atoms with Crippen LogP contribution in [0, 0.1) is 5.82 Å². The van der Waals surface area contributed by atoms with Gasteiger partial charge in [0.1, 0.15) is 11.4 Å². The van der Waals surface area contributed by atoms with Crippen molar-refractivity contribution in [3.63, 3.8) is 0 Å². The summed E-state index contributed by atoms with van der Waals surface area (Å²) in [6.07, 6.45) is -0.441. The number of carboxylic acid groups (broad SMARTS) is 1. The van der Waals surface area contributed by atoms with Crippen molar-refractivity contribution in [2.24, 2.45) is 0 Å². The normalized spacial score (nSPS) is 19.4. The highest BCUT2D eigenvalue weighted by Gasteiger charge is 2.43. The molecule has 1 fully saturated rings. The highest BCUT2D eigenvalue weighted by Crippen LogP contribution is 2.35. The number of Topliss-reactive ketones (excluding diaryl/α,β-unsaturated/α-hetero) is 2. The van der Waals surface area contributed by atoms with Crippen LogP contribution in [0.3, 0.4) is 0 Å². The number of ether oxygens (including phenoxy) is 1. The lowest BCUT2D eigenvalue weighted by Crippen LogP contribution is -2.53. The molecule has 1 saturated heterocycles. The molecule has 2 heterocycles. The van der Waals surface area contributed by atoms with Crippen LogP contribution in [0.1, 0.15) is 38.1 Å². The fraction of sp³-hybridized carbons (Fsp3) is 0.524. The number of hydrogen-bond donors (Lipinski definition) is 1. The quantitative estimate of drug-likeness (QED) is 0.567. The van der Waals surface area contributed by atoms with E-state index in [2.05, 4.69) is 0 Å². The molecular formula is C21H26FN3O6. The number of nitrogens with zero attached hydrogens (tertiary/aromatic N) is 3. The highest BCUT2D eigenvalue weighted by molar-refractivity contribution is 6.51. The second-order valence-corrected chi connectivity index (χ2v) is 8.50. The largest absolute Gasteiger partial charge is 0.479 e. The van der Waals surface area contributed by atoms with Gasteiger partial charge < -0.3 is 24.5 Å². The van der Waals surface area contributed by atoms with Crippen LogP contribution in [0.5, 0.6) is 0 Å². The zero-order valence-corrected chi connectivity index (χ0v) is 18.0. The van der Waals surface area contributed by atoms with E-state index in [1.807, 2.05) is 0 Å². The molecule has 0 saturated carbocycles. The molecule has 3 rings (SSSR count). The van der Waals surface area contributed by atoms with Crippen molar-refractivity contribution >= 4 is 35.0 Å². The number of carbonyl (C=O) groups is 4. The number of amides is 1. The van der Waals surface area contributed by atoms with E-state index in [-0.39, 0.29) is 23.5 Å². The minimum Gasteiger partial charge on any atom is -0.479 e. The molecule has 1 unspecified atom stereocenters. The molecular weight excluding hydrogens is 409 g/mol. The summed E-state index contributed by atoms with van der Waals surface area (Å²) in [4.78, 5) is 53.0. The summed E-state index contributed by atoms with van der Waals surface area (Å²) in [5, 5.41) is 9.44. The smallest absolute Gasteiger partial charge is 0.410 e. The lowest BCUT2D eigenvalue weighted by atomic mass is 9.92. The van der Waals surface area contributed by atoms with Crippen molar-refractivity contribution in [3.05, 3.63) is 23.5 Å². The Morgan fingerprint density at radius 1 is 1.13 bits per heavy atom. The zero-order chi connectivity index (χ0) is 23.1. The Bertz CT molecular complexity index is 934. The number of benzene rings is 1. The van der Waals surface area contributed by atoms with Gasteiger partial charge in [-0.15, -0.1) is 0 Å². The van der Waals surface area contributed by atoms with Crippen molar-refractivity contribution in [3.8, 4) is 0 Å². The average Bonchev–Trinajstić information content (AvgIpc) is 2.69. The van der Waals surface area contributed by atoms with Gasteiger partial charge in [-0.2, -0.15) is 0 Å². The van der Waals surface area contributed by atoms with Gasteiger partial charge in [0.05, 0.1) is 16.9 Å². The number of piperazine rings is 1. The van der Waals surface area contributed by atoms with E-state index < -0.39 is 41.1 Å². The van der Waals surface area contributed by atoms with Crippen LogP contribution in [0.15, 0.2) is 12.1 Å². The Kier molecular flexibility index (Phi) is 5.93. The number of carbonyl (C=O) groups excluding carboxylic acids is 3. The predicted octanol–water partition coefficient (Wildman–Crippen LogP) is 1.93. The molecule has 168 valence electrons. The summed E-state index contributed by atoms with van der Waals surface area (Å²) in [5.41, 5.74) is -0.358. The second kappa shape index (κ2) is 8.16. The van der Waals surface area contributed by atoms with Crippen molar-refractivity contribution in [2.75, 3.05) is 42.5 Å². The molecule has 2 aliphatic heterocycles. The van der Waals surface area contributed by atoms with Crippen molar-refractivity contribution in [1.82, 2.24) is 4.90 Å². The number of rotatable bonds is 3. The maximum atomic E-state index is 14.9. The molecule has 1 atom stereocenters. The molecule has 0 bridgehead atoms. The summed E-state index contributed by atoms with van der Waals surface area (Å²) in [6.45, 7) is 8.44. The van der Waals surface area contributed by atoms with Gasteiger partial charge in [-0.3, -0.25) is 9.59 Å². The third-order valence-electron chi connectivity index (χ3n) is 5.25. The van der Waals surface area contributed by atoms with Crippen LogP contribution in [-0.4, -0.2) is 78.0 Å². The minimum atomic E-state index is -1.63. The second-order valence-electron chi connectivity index (χ2n) is 8.50. The third-order valence-corrected chi connectivity index (χ3v) is 5.25. The Balaban J connectivity index is 1.86. The molecule has 31 heavy (non-hydrogen) atoms. The van der Waals surface area contributed by atoms with Gasteiger partial charge in [-0.25, -0.2) is 14.0 Å². The lowest BCUT2D eigenvalue weighted by molar-refractivity contribution is -0.141. The molecule has 1 aromatic carbocycles. The number of aliphatic carboxylic acids is 1. The predicted molar refractivity (Wildman–Crippen MR) is 110 cm³/mol. The van der Waals surface area contributed by atoms with Crippen molar-refractivity contribution in [2.45, 2.75) is 39.3 Å². The fourth-order valence-corrected chi connectivity index (χ4v) is 3.80. The molecule has 0 radical (unpaired) electrons. The number of ketones is 2. The van der Waals surface area contributed by atoms with E-state index in [1.165, 1.54) is 11.0 Å². The monoisotopic (exact) mass is 435 g/mol. The van der Waals surface area contributed by atoms with Crippen LogP contribution in [0.25, 0.3) is 0 Å². The fourth-order valence-electron chi connectivity index (χ4n) is 3.80. The molecule has 10 heteroatoms. The summed E-state index contributed by atoms with van der Waals surface area (Å²) in [6, 6.07) is 0.774. The Morgan fingerprint density at radius 2 is 1.74 bits per heavy atom. The van der Waals surface area contributed by atoms with Crippen LogP contribution >= 0.6 is 0 Å². The summed E-state index contributed by atoms with van der Waals surface area (Å²) in [5.74, 6) is -4.20. The first-order valence-corrected chi connectivity index (χ1v) is 10.1. The van der Waals surface area contributed by atoms with Gasteiger partial charge in [-0.1, -0.05) is 0 Å². The Morgan fingerprint density at radius 3 is 2.26 bits per heavy atom. The van der Waals surface area contributed by atoms with Crippen LogP contribution in [0.2, 0.25) is 0 Å². The van der Waals surface area contributed by atoms with Gasteiger partial charge in [0.2, 0.25) is 11.6 Å². The number of anilines is 2. The summed E-state index contributed by atoms with van der Waals surface area (Å²) >= 11 is 0. The van der Waals surface area contributed by atoms with Crippen LogP contribution < -0.4 is 9.80 Å². The van der Waals surface area contributed by atoms with Crippen LogP contribution in [0.4, 0.5) is 20.6 Å². The Labute approximate surface area is 179 Å². The molecule has 0 spiro atoms. The summed E-state index contributed by atoms with van der Waals surface area (Å²) < 4.78 is 20.2. The number of hydrogen-bond acceptors (Lipinski definition) is 7. The average molecular weight is 435 g/mol. The first-order chi connectivity index (χ1) is 14.4. The maximum Gasteiger partial charge on any atom is 0.410 e. The zero-order valence-electron chi connectivity index (χ0n) is 18.0. The number of likely N-dealkylation sites (N-methyl/N-ethyl adjacent to an activating group) is 1. The van der Waals surface area contributed by atoms with Crippen molar-refractivity contribution in [1.29, 1.82) is 0 Å². The number of fused-ring (bicyclic) bond motifs is 1. The van der Waals surface area contributed by atoms with E-state index in [1.54, 1.807) is 37.5 Å². The maximum absolute atomic E-state index is 14.9. The van der Waals surface area contributed by atoms with Gasteiger partial charge in [0.25, 0.3) is 0 Å².